The van der Waals surface area contributed by atoms with Crippen LogP contribution in [0.15, 0.2) is 23.1 Å². The number of rotatable bonds is 12. The molecule has 0 amide bonds. The molecule has 0 spiro atoms. The van der Waals surface area contributed by atoms with Gasteiger partial charge in [0, 0.05) is 0 Å². The van der Waals surface area contributed by atoms with Gasteiger partial charge in [0.2, 0.25) is 0 Å². The zero-order valence-electron chi connectivity index (χ0n) is 14.7. The van der Waals surface area contributed by atoms with Crippen molar-refractivity contribution in [3.8, 4) is 0 Å². The van der Waals surface area contributed by atoms with Crippen LogP contribution in [0.25, 0.3) is 0 Å². The first-order valence-electron chi connectivity index (χ1n) is 9.02. The Morgan fingerprint density at radius 3 is 1.88 bits per heavy atom. The minimum atomic E-state index is -4.11. The monoisotopic (exact) mass is 364 g/mol. The molecular formula is C19H33NaO3S. The summed E-state index contributed by atoms with van der Waals surface area (Å²) in [7, 11) is -4.11. The second-order valence-electron chi connectivity index (χ2n) is 6.52. The van der Waals surface area contributed by atoms with E-state index in [9.17, 15) is 13.0 Å². The third-order valence-electron chi connectivity index (χ3n) is 4.29. The van der Waals surface area contributed by atoms with E-state index in [1.807, 2.05) is 13.0 Å². The first kappa shape index (κ1) is 24.1. The van der Waals surface area contributed by atoms with Crippen LogP contribution in [-0.4, -0.2) is 42.5 Å². The van der Waals surface area contributed by atoms with Gasteiger partial charge in [-0.2, -0.15) is 8.42 Å². The Bertz CT molecular complexity index is 556. The van der Waals surface area contributed by atoms with E-state index in [1.54, 1.807) is 6.07 Å². The average molecular weight is 365 g/mol. The van der Waals surface area contributed by atoms with Crippen molar-refractivity contribution in [1.82, 2.24) is 0 Å². The van der Waals surface area contributed by atoms with E-state index < -0.39 is 10.1 Å². The van der Waals surface area contributed by atoms with Crippen LogP contribution in [0.5, 0.6) is 0 Å². The Morgan fingerprint density at radius 1 is 0.875 bits per heavy atom. The fourth-order valence-corrected chi connectivity index (χ4v) is 3.69. The molecule has 0 unspecified atom stereocenters. The Labute approximate surface area is 170 Å². The van der Waals surface area contributed by atoms with Crippen LogP contribution < -0.4 is 0 Å². The van der Waals surface area contributed by atoms with Crippen molar-refractivity contribution in [2.75, 3.05) is 0 Å². The van der Waals surface area contributed by atoms with Gasteiger partial charge in [-0.05, 0) is 31.4 Å². The van der Waals surface area contributed by atoms with E-state index in [4.69, 9.17) is 0 Å². The van der Waals surface area contributed by atoms with E-state index >= 15 is 0 Å². The second kappa shape index (κ2) is 13.3. The van der Waals surface area contributed by atoms with Crippen LogP contribution in [0.3, 0.4) is 0 Å². The van der Waals surface area contributed by atoms with Crippen molar-refractivity contribution in [3.05, 3.63) is 29.3 Å². The molecule has 0 bridgehead atoms. The van der Waals surface area contributed by atoms with Crippen molar-refractivity contribution in [2.24, 2.45) is 0 Å². The first-order chi connectivity index (χ1) is 10.9. The van der Waals surface area contributed by atoms with Gasteiger partial charge in [-0.25, -0.2) is 0 Å². The number of unbranched alkanes of at least 4 members (excludes halogenated alkanes) is 9. The molecule has 0 saturated carbocycles. The Hall–Kier alpha value is 0.130. The topological polar surface area (TPSA) is 54.4 Å². The van der Waals surface area contributed by atoms with Crippen LogP contribution in [0, 0.1) is 6.92 Å². The molecule has 0 fully saturated rings. The van der Waals surface area contributed by atoms with Crippen LogP contribution in [-0.2, 0) is 16.5 Å². The zero-order valence-corrected chi connectivity index (χ0v) is 15.5. The summed E-state index contributed by atoms with van der Waals surface area (Å²) in [6.45, 7) is 4.18. The molecule has 0 aliphatic rings. The molecule has 1 rings (SSSR count). The fourth-order valence-electron chi connectivity index (χ4n) is 2.96. The summed E-state index contributed by atoms with van der Waals surface area (Å²) in [5.41, 5.74) is 1.77. The Morgan fingerprint density at radius 2 is 1.38 bits per heavy atom. The minimum absolute atomic E-state index is 0. The molecule has 0 radical (unpaired) electrons. The number of benzene rings is 1. The quantitative estimate of drug-likeness (QED) is 0.320. The predicted octanol–water partition coefficient (Wildman–Crippen LogP) is 5.06. The zero-order chi connectivity index (χ0) is 17.1. The second-order valence-corrected chi connectivity index (χ2v) is 7.91. The van der Waals surface area contributed by atoms with Gasteiger partial charge >= 0.3 is 29.6 Å². The third-order valence-corrected chi connectivity index (χ3v) is 5.25. The summed E-state index contributed by atoms with van der Waals surface area (Å²) < 4.78 is 32.1. The van der Waals surface area contributed by atoms with E-state index in [1.165, 1.54) is 57.4 Å². The van der Waals surface area contributed by atoms with Gasteiger partial charge in [-0.3, -0.25) is 4.55 Å². The van der Waals surface area contributed by atoms with E-state index in [-0.39, 0.29) is 34.5 Å². The number of hydrogen-bond acceptors (Lipinski definition) is 2. The van der Waals surface area contributed by atoms with Crippen molar-refractivity contribution < 1.29 is 13.0 Å². The van der Waals surface area contributed by atoms with Crippen molar-refractivity contribution in [3.63, 3.8) is 0 Å². The fraction of sp³-hybridized carbons (Fsp3) is 0.684. The van der Waals surface area contributed by atoms with Gasteiger partial charge in [0.25, 0.3) is 10.1 Å². The summed E-state index contributed by atoms with van der Waals surface area (Å²) in [4.78, 5) is 0.0685. The number of aryl methyl sites for hydroxylation is 2. The van der Waals surface area contributed by atoms with Gasteiger partial charge in [0.1, 0.15) is 0 Å². The molecule has 0 aromatic heterocycles. The number of hydrogen-bond donors (Lipinski definition) is 1. The van der Waals surface area contributed by atoms with Gasteiger partial charge < -0.3 is 0 Å². The normalized spacial score (nSPS) is 11.3. The summed E-state index contributed by atoms with van der Waals surface area (Å²) in [5, 5.41) is 0. The summed E-state index contributed by atoms with van der Waals surface area (Å²) in [6, 6.07) is 5.11. The van der Waals surface area contributed by atoms with Crippen LogP contribution in [0.2, 0.25) is 0 Å². The SMILES string of the molecule is CCCCCCCCCCCCc1cc(C)ccc1S(=O)(=O)O.[NaH]. The Balaban J connectivity index is 0.00000529. The third kappa shape index (κ3) is 10.2. The molecule has 3 nitrogen and oxygen atoms in total. The van der Waals surface area contributed by atoms with Crippen molar-refractivity contribution in [2.45, 2.75) is 89.4 Å². The molecule has 1 N–H and O–H groups in total. The molecule has 0 aliphatic carbocycles. The predicted molar refractivity (Wildman–Crippen MR) is 104 cm³/mol. The van der Waals surface area contributed by atoms with Gasteiger partial charge in [0.05, 0.1) is 4.90 Å². The summed E-state index contributed by atoms with van der Waals surface area (Å²) in [6.07, 6.45) is 13.3. The molecule has 0 heterocycles. The molecule has 24 heavy (non-hydrogen) atoms. The molecule has 0 atom stereocenters. The maximum atomic E-state index is 11.4. The van der Waals surface area contributed by atoms with Crippen molar-refractivity contribution >= 4 is 39.7 Å². The Kier molecular flexibility index (Phi) is 13.4. The van der Waals surface area contributed by atoms with Crippen LogP contribution >= 0.6 is 0 Å². The molecular weight excluding hydrogens is 331 g/mol. The van der Waals surface area contributed by atoms with Gasteiger partial charge in [-0.1, -0.05) is 82.4 Å². The van der Waals surface area contributed by atoms with Gasteiger partial charge in [-0.15, -0.1) is 0 Å². The van der Waals surface area contributed by atoms with E-state index in [0.717, 1.165) is 24.0 Å². The van der Waals surface area contributed by atoms with E-state index in [2.05, 4.69) is 6.92 Å². The molecule has 1 aromatic carbocycles. The van der Waals surface area contributed by atoms with Gasteiger partial charge in [0.15, 0.2) is 0 Å². The van der Waals surface area contributed by atoms with E-state index in [0.29, 0.717) is 6.42 Å². The van der Waals surface area contributed by atoms with Crippen molar-refractivity contribution in [1.29, 1.82) is 0 Å². The molecule has 0 saturated heterocycles. The molecule has 134 valence electrons. The summed E-state index contributed by atoms with van der Waals surface area (Å²) >= 11 is 0. The molecule has 5 heteroatoms. The first-order valence-corrected chi connectivity index (χ1v) is 10.5. The molecule has 0 aliphatic heterocycles. The van der Waals surface area contributed by atoms with Crippen LogP contribution in [0.4, 0.5) is 0 Å². The summed E-state index contributed by atoms with van der Waals surface area (Å²) in [5.74, 6) is 0. The standard InChI is InChI=1S/C19H32O3S.Na.H/c1-3-4-5-6-7-8-9-10-11-12-13-18-16-17(2)14-15-19(18)23(20,21)22;;/h14-16H,3-13H2,1-2H3,(H,20,21,22);;. The molecule has 1 aromatic rings. The maximum absolute atomic E-state index is 11.4. The average Bonchev–Trinajstić information content (AvgIpc) is 2.48. The van der Waals surface area contributed by atoms with Crippen LogP contribution in [0.1, 0.15) is 82.3 Å².